The fourth-order valence-electron chi connectivity index (χ4n) is 2.21. The summed E-state index contributed by atoms with van der Waals surface area (Å²) in [6.07, 6.45) is 5.61. The van der Waals surface area contributed by atoms with E-state index in [2.05, 4.69) is 17.2 Å². The number of aryl methyl sites for hydroxylation is 1. The Labute approximate surface area is 129 Å². The quantitative estimate of drug-likeness (QED) is 0.873. The Morgan fingerprint density at radius 2 is 2.15 bits per heavy atom. The molecular weight excluding hydrogens is 293 g/mol. The average Bonchev–Trinajstić information content (AvgIpc) is 2.85. The summed E-state index contributed by atoms with van der Waals surface area (Å²) < 4.78 is 2.03. The number of imidazole rings is 1. The highest BCUT2D eigenvalue weighted by molar-refractivity contribution is 6.42. The molecular formula is C15H19Cl2N3. The van der Waals surface area contributed by atoms with Gasteiger partial charge in [0.2, 0.25) is 0 Å². The van der Waals surface area contributed by atoms with Crippen LogP contribution in [-0.4, -0.2) is 16.1 Å². The van der Waals surface area contributed by atoms with E-state index in [1.165, 1.54) is 0 Å². The van der Waals surface area contributed by atoms with E-state index in [0.29, 0.717) is 10.0 Å². The smallest absolute Gasteiger partial charge is 0.125 e. The lowest BCUT2D eigenvalue weighted by atomic mass is 10.0. The van der Waals surface area contributed by atoms with Gasteiger partial charge < -0.3 is 9.88 Å². The Hall–Kier alpha value is -1.03. The molecule has 0 radical (unpaired) electrons. The first-order valence-electron chi connectivity index (χ1n) is 6.77. The molecule has 108 valence electrons. The van der Waals surface area contributed by atoms with E-state index in [1.54, 1.807) is 0 Å². The Morgan fingerprint density at radius 3 is 2.80 bits per heavy atom. The number of nitrogens with one attached hydrogen (secondary N) is 1. The van der Waals surface area contributed by atoms with Crippen molar-refractivity contribution in [1.29, 1.82) is 0 Å². The first-order valence-corrected chi connectivity index (χ1v) is 7.52. The fourth-order valence-corrected chi connectivity index (χ4v) is 2.61. The highest BCUT2D eigenvalue weighted by atomic mass is 35.5. The van der Waals surface area contributed by atoms with Crippen LogP contribution in [0.15, 0.2) is 30.6 Å². The number of rotatable bonds is 6. The standard InChI is InChI=1S/C15H19Cl2N3/c1-3-7-18-13(15-19-8-9-20(15)2)10-11-5-4-6-12(16)14(11)17/h4-6,8-9,13,18H,3,7,10H2,1-2H3. The average molecular weight is 312 g/mol. The van der Waals surface area contributed by atoms with E-state index < -0.39 is 0 Å². The van der Waals surface area contributed by atoms with Crippen molar-refractivity contribution in [2.45, 2.75) is 25.8 Å². The monoisotopic (exact) mass is 311 g/mol. The molecule has 0 amide bonds. The van der Waals surface area contributed by atoms with E-state index in [4.69, 9.17) is 23.2 Å². The fraction of sp³-hybridized carbons (Fsp3) is 0.400. The third-order valence-corrected chi connectivity index (χ3v) is 4.12. The van der Waals surface area contributed by atoms with Crippen LogP contribution in [0.4, 0.5) is 0 Å². The van der Waals surface area contributed by atoms with Crippen LogP contribution in [0.5, 0.6) is 0 Å². The van der Waals surface area contributed by atoms with Crippen molar-refractivity contribution in [3.63, 3.8) is 0 Å². The van der Waals surface area contributed by atoms with Crippen LogP contribution in [-0.2, 0) is 13.5 Å². The highest BCUT2D eigenvalue weighted by Gasteiger charge is 2.17. The second-order valence-corrected chi connectivity index (χ2v) is 5.61. The number of nitrogens with zero attached hydrogens (tertiary/aromatic N) is 2. The number of benzene rings is 1. The van der Waals surface area contributed by atoms with Crippen molar-refractivity contribution < 1.29 is 0 Å². The topological polar surface area (TPSA) is 29.9 Å². The van der Waals surface area contributed by atoms with Gasteiger partial charge in [0.1, 0.15) is 5.82 Å². The van der Waals surface area contributed by atoms with E-state index in [1.807, 2.05) is 42.2 Å². The molecule has 1 atom stereocenters. The normalized spacial score (nSPS) is 12.6. The van der Waals surface area contributed by atoms with E-state index in [0.717, 1.165) is 30.8 Å². The predicted octanol–water partition coefficient (Wildman–Crippen LogP) is 4.01. The summed E-state index contributed by atoms with van der Waals surface area (Å²) in [4.78, 5) is 4.44. The van der Waals surface area contributed by atoms with E-state index in [9.17, 15) is 0 Å². The van der Waals surface area contributed by atoms with Gasteiger partial charge in [0, 0.05) is 19.4 Å². The maximum absolute atomic E-state index is 6.29. The van der Waals surface area contributed by atoms with Crippen molar-refractivity contribution in [1.82, 2.24) is 14.9 Å². The molecule has 0 saturated carbocycles. The molecule has 1 heterocycles. The first-order chi connectivity index (χ1) is 9.63. The molecule has 2 rings (SSSR count). The largest absolute Gasteiger partial charge is 0.337 e. The molecule has 0 aliphatic carbocycles. The third-order valence-electron chi connectivity index (χ3n) is 3.27. The van der Waals surface area contributed by atoms with E-state index in [-0.39, 0.29) is 6.04 Å². The molecule has 0 bridgehead atoms. The summed E-state index contributed by atoms with van der Waals surface area (Å²) in [7, 11) is 2.00. The lowest BCUT2D eigenvalue weighted by Crippen LogP contribution is -2.26. The van der Waals surface area contributed by atoms with Crippen molar-refractivity contribution in [2.75, 3.05) is 6.54 Å². The van der Waals surface area contributed by atoms with Gasteiger partial charge in [-0.2, -0.15) is 0 Å². The molecule has 0 saturated heterocycles. The molecule has 0 spiro atoms. The molecule has 0 fully saturated rings. The van der Waals surface area contributed by atoms with Crippen LogP contribution in [0, 0.1) is 0 Å². The van der Waals surface area contributed by atoms with E-state index >= 15 is 0 Å². The molecule has 20 heavy (non-hydrogen) atoms. The Bertz CT molecular complexity index is 566. The molecule has 0 aliphatic heterocycles. The molecule has 1 aromatic heterocycles. The minimum Gasteiger partial charge on any atom is -0.337 e. The van der Waals surface area contributed by atoms with Crippen molar-refractivity contribution in [2.24, 2.45) is 7.05 Å². The Morgan fingerprint density at radius 1 is 1.35 bits per heavy atom. The predicted molar refractivity (Wildman–Crippen MR) is 84.4 cm³/mol. The zero-order valence-electron chi connectivity index (χ0n) is 11.7. The third kappa shape index (κ3) is 3.54. The molecule has 3 nitrogen and oxygen atoms in total. The maximum Gasteiger partial charge on any atom is 0.125 e. The summed E-state index contributed by atoms with van der Waals surface area (Å²) in [6.45, 7) is 3.09. The van der Waals surface area contributed by atoms with Crippen LogP contribution >= 0.6 is 23.2 Å². The zero-order chi connectivity index (χ0) is 14.5. The van der Waals surface area contributed by atoms with Crippen LogP contribution < -0.4 is 5.32 Å². The minimum absolute atomic E-state index is 0.130. The lowest BCUT2D eigenvalue weighted by molar-refractivity contribution is 0.491. The Balaban J connectivity index is 2.24. The number of aromatic nitrogens is 2. The maximum atomic E-state index is 6.29. The number of hydrogen-bond donors (Lipinski definition) is 1. The molecule has 0 aliphatic rings. The van der Waals surface area contributed by atoms with Crippen LogP contribution in [0.25, 0.3) is 0 Å². The number of hydrogen-bond acceptors (Lipinski definition) is 2. The molecule has 5 heteroatoms. The first kappa shape index (κ1) is 15.4. The summed E-state index contributed by atoms with van der Waals surface area (Å²) in [5, 5.41) is 4.75. The van der Waals surface area contributed by atoms with Gasteiger partial charge in [0.05, 0.1) is 16.1 Å². The van der Waals surface area contributed by atoms with Gasteiger partial charge >= 0.3 is 0 Å². The SMILES string of the molecule is CCCNC(Cc1cccc(Cl)c1Cl)c1nccn1C. The van der Waals surface area contributed by atoms with Gasteiger partial charge in [-0.05, 0) is 31.0 Å². The number of halogens is 2. The van der Waals surface area contributed by atoms with Crippen LogP contribution in [0.3, 0.4) is 0 Å². The Kier molecular flexibility index (Phi) is 5.46. The van der Waals surface area contributed by atoms with Gasteiger partial charge in [-0.25, -0.2) is 4.98 Å². The van der Waals surface area contributed by atoms with Gasteiger partial charge in [0.15, 0.2) is 0 Å². The summed E-state index contributed by atoms with van der Waals surface area (Å²) >= 11 is 12.4. The molecule has 2 aromatic rings. The molecule has 1 N–H and O–H groups in total. The second kappa shape index (κ2) is 7.11. The molecule has 1 aromatic carbocycles. The second-order valence-electron chi connectivity index (χ2n) is 4.82. The summed E-state index contributed by atoms with van der Waals surface area (Å²) in [5.41, 5.74) is 1.04. The highest BCUT2D eigenvalue weighted by Crippen LogP contribution is 2.28. The van der Waals surface area contributed by atoms with Crippen molar-refractivity contribution >= 4 is 23.2 Å². The summed E-state index contributed by atoms with van der Waals surface area (Å²) in [6, 6.07) is 5.88. The lowest BCUT2D eigenvalue weighted by Gasteiger charge is -2.19. The van der Waals surface area contributed by atoms with Gasteiger partial charge in [-0.15, -0.1) is 0 Å². The van der Waals surface area contributed by atoms with Gasteiger partial charge in [0.25, 0.3) is 0 Å². The van der Waals surface area contributed by atoms with Gasteiger partial charge in [-0.1, -0.05) is 42.3 Å². The van der Waals surface area contributed by atoms with Crippen LogP contribution in [0.2, 0.25) is 10.0 Å². The van der Waals surface area contributed by atoms with Crippen molar-refractivity contribution in [3.8, 4) is 0 Å². The minimum atomic E-state index is 0.130. The van der Waals surface area contributed by atoms with Crippen LogP contribution in [0.1, 0.15) is 30.8 Å². The van der Waals surface area contributed by atoms with Gasteiger partial charge in [-0.3, -0.25) is 0 Å². The zero-order valence-corrected chi connectivity index (χ0v) is 13.2. The van der Waals surface area contributed by atoms with Crippen molar-refractivity contribution in [3.05, 3.63) is 52.0 Å². The molecule has 1 unspecified atom stereocenters. The summed E-state index contributed by atoms with van der Waals surface area (Å²) in [5.74, 6) is 1.01.